The van der Waals surface area contributed by atoms with E-state index < -0.39 is 0 Å². The van der Waals surface area contributed by atoms with Crippen molar-refractivity contribution in [3.8, 4) is 11.4 Å². The van der Waals surface area contributed by atoms with Crippen LogP contribution in [0.5, 0.6) is 0 Å². The van der Waals surface area contributed by atoms with Crippen molar-refractivity contribution in [1.82, 2.24) is 19.7 Å². The fourth-order valence-electron chi connectivity index (χ4n) is 2.69. The van der Waals surface area contributed by atoms with Gasteiger partial charge in [0.05, 0.1) is 22.8 Å². The molecule has 5 nitrogen and oxygen atoms in total. The van der Waals surface area contributed by atoms with Crippen LogP contribution in [0.15, 0.2) is 24.4 Å². The highest BCUT2D eigenvalue weighted by Gasteiger charge is 2.23. The van der Waals surface area contributed by atoms with Gasteiger partial charge in [0.2, 0.25) is 0 Å². The zero-order chi connectivity index (χ0) is 15.2. The second-order valence-electron chi connectivity index (χ2n) is 6.38. The number of nitrogens with two attached hydrogens (primary N) is 1. The first-order chi connectivity index (χ1) is 9.91. The Hall–Kier alpha value is -2.14. The number of aromatic amines is 1. The van der Waals surface area contributed by atoms with Gasteiger partial charge in [-0.05, 0) is 45.4 Å². The van der Waals surface area contributed by atoms with Gasteiger partial charge >= 0.3 is 0 Å². The molecular formula is C16H21N5. The van der Waals surface area contributed by atoms with Crippen LogP contribution in [0.25, 0.3) is 22.4 Å². The molecule has 0 aliphatic rings. The molecule has 0 spiro atoms. The molecule has 0 unspecified atom stereocenters. The molecule has 1 aromatic carbocycles. The Morgan fingerprint density at radius 3 is 2.62 bits per heavy atom. The Morgan fingerprint density at radius 2 is 2.05 bits per heavy atom. The smallest absolute Gasteiger partial charge is 0.145 e. The lowest BCUT2D eigenvalue weighted by Crippen LogP contribution is -2.22. The van der Waals surface area contributed by atoms with Crippen molar-refractivity contribution in [2.45, 2.75) is 39.8 Å². The van der Waals surface area contributed by atoms with Crippen LogP contribution in [0.4, 0.5) is 0 Å². The number of aryl methyl sites for hydroxylation is 1. The van der Waals surface area contributed by atoms with Gasteiger partial charge in [0.25, 0.3) is 0 Å². The number of benzene rings is 1. The highest BCUT2D eigenvalue weighted by atomic mass is 15.2. The molecule has 0 amide bonds. The molecule has 0 saturated carbocycles. The summed E-state index contributed by atoms with van der Waals surface area (Å²) in [5.74, 6) is 0.943. The van der Waals surface area contributed by atoms with Crippen molar-refractivity contribution in [3.63, 3.8) is 0 Å². The van der Waals surface area contributed by atoms with Crippen molar-refractivity contribution < 1.29 is 0 Å². The van der Waals surface area contributed by atoms with Gasteiger partial charge in [0.15, 0.2) is 0 Å². The normalized spacial score (nSPS) is 12.2. The maximum absolute atomic E-state index is 5.74. The summed E-state index contributed by atoms with van der Waals surface area (Å²) < 4.78 is 2.26. The zero-order valence-corrected chi connectivity index (χ0v) is 12.9. The van der Waals surface area contributed by atoms with Crippen molar-refractivity contribution in [2.75, 3.05) is 0 Å². The van der Waals surface area contributed by atoms with Crippen LogP contribution in [0.3, 0.4) is 0 Å². The molecule has 21 heavy (non-hydrogen) atoms. The monoisotopic (exact) mass is 283 g/mol. The molecular weight excluding hydrogens is 262 g/mol. The SMILES string of the molecule is Cc1[nH]ncc1-c1nc2cc(CN)ccc2n1C(C)(C)C. The van der Waals surface area contributed by atoms with E-state index >= 15 is 0 Å². The van der Waals surface area contributed by atoms with E-state index in [1.807, 2.05) is 13.1 Å². The number of fused-ring (bicyclic) bond motifs is 1. The summed E-state index contributed by atoms with van der Waals surface area (Å²) >= 11 is 0. The van der Waals surface area contributed by atoms with E-state index in [2.05, 4.69) is 53.7 Å². The van der Waals surface area contributed by atoms with Gasteiger partial charge in [-0.2, -0.15) is 5.10 Å². The van der Waals surface area contributed by atoms with Crippen molar-refractivity contribution in [2.24, 2.45) is 5.73 Å². The third-order valence-electron chi connectivity index (χ3n) is 3.70. The lowest BCUT2D eigenvalue weighted by Gasteiger charge is -2.24. The maximum Gasteiger partial charge on any atom is 0.145 e. The number of H-pyrrole nitrogens is 1. The summed E-state index contributed by atoms with van der Waals surface area (Å²) in [6.45, 7) is 9.09. The first-order valence-corrected chi connectivity index (χ1v) is 7.14. The quantitative estimate of drug-likeness (QED) is 0.759. The highest BCUT2D eigenvalue weighted by Crippen LogP contribution is 2.32. The standard InChI is InChI=1S/C16H21N5/c1-10-12(9-18-20-10)15-19-13-7-11(8-17)5-6-14(13)21(15)16(2,3)4/h5-7,9H,8,17H2,1-4H3,(H,18,20). The average Bonchev–Trinajstić information content (AvgIpc) is 2.99. The molecule has 0 atom stereocenters. The van der Waals surface area contributed by atoms with Crippen LogP contribution in [0.1, 0.15) is 32.0 Å². The maximum atomic E-state index is 5.74. The minimum absolute atomic E-state index is 0.0714. The van der Waals surface area contributed by atoms with E-state index in [-0.39, 0.29) is 5.54 Å². The molecule has 0 fully saturated rings. The molecule has 2 aromatic heterocycles. The number of rotatable bonds is 2. The fraction of sp³-hybridized carbons (Fsp3) is 0.375. The molecule has 2 heterocycles. The van der Waals surface area contributed by atoms with Crippen LogP contribution in [0.2, 0.25) is 0 Å². The predicted octanol–water partition coefficient (Wildman–Crippen LogP) is 2.95. The third-order valence-corrected chi connectivity index (χ3v) is 3.70. The van der Waals surface area contributed by atoms with Crippen LogP contribution >= 0.6 is 0 Å². The Bertz CT molecular complexity index is 789. The van der Waals surface area contributed by atoms with E-state index in [4.69, 9.17) is 10.7 Å². The number of imidazole rings is 1. The summed E-state index contributed by atoms with van der Waals surface area (Å²) in [5.41, 5.74) is 10.9. The molecule has 5 heteroatoms. The molecule has 0 saturated heterocycles. The second kappa shape index (κ2) is 4.70. The van der Waals surface area contributed by atoms with Gasteiger partial charge in [0.1, 0.15) is 5.82 Å². The number of aromatic nitrogens is 4. The average molecular weight is 283 g/mol. The number of hydrogen-bond acceptors (Lipinski definition) is 3. The Morgan fingerprint density at radius 1 is 1.29 bits per heavy atom. The number of hydrogen-bond donors (Lipinski definition) is 2. The molecule has 0 bridgehead atoms. The van der Waals surface area contributed by atoms with Gasteiger partial charge in [-0.1, -0.05) is 6.07 Å². The van der Waals surface area contributed by atoms with Crippen LogP contribution in [-0.2, 0) is 12.1 Å². The molecule has 3 rings (SSSR count). The third kappa shape index (κ3) is 2.23. The lowest BCUT2D eigenvalue weighted by molar-refractivity contribution is 0.413. The summed E-state index contributed by atoms with van der Waals surface area (Å²) in [6, 6.07) is 6.24. The summed E-state index contributed by atoms with van der Waals surface area (Å²) in [7, 11) is 0. The molecule has 0 radical (unpaired) electrons. The number of nitrogens with zero attached hydrogens (tertiary/aromatic N) is 3. The first-order valence-electron chi connectivity index (χ1n) is 7.14. The molecule has 3 N–H and O–H groups in total. The van der Waals surface area contributed by atoms with E-state index in [1.54, 1.807) is 0 Å². The van der Waals surface area contributed by atoms with Gasteiger partial charge in [-0.25, -0.2) is 4.98 Å². The summed E-state index contributed by atoms with van der Waals surface area (Å²) in [5, 5.41) is 7.12. The van der Waals surface area contributed by atoms with Crippen molar-refractivity contribution in [1.29, 1.82) is 0 Å². The van der Waals surface area contributed by atoms with Gasteiger partial charge < -0.3 is 10.3 Å². The largest absolute Gasteiger partial charge is 0.326 e. The lowest BCUT2D eigenvalue weighted by atomic mass is 10.1. The van der Waals surface area contributed by atoms with Crippen molar-refractivity contribution >= 4 is 11.0 Å². The molecule has 0 aliphatic carbocycles. The number of nitrogens with one attached hydrogen (secondary N) is 1. The second-order valence-corrected chi connectivity index (χ2v) is 6.38. The van der Waals surface area contributed by atoms with E-state index in [0.717, 1.165) is 33.7 Å². The first kappa shape index (κ1) is 13.8. The van der Waals surface area contributed by atoms with E-state index in [1.165, 1.54) is 0 Å². The summed E-state index contributed by atoms with van der Waals surface area (Å²) in [6.07, 6.45) is 1.84. The van der Waals surface area contributed by atoms with Crippen LogP contribution in [0, 0.1) is 6.92 Å². The Kier molecular flexibility index (Phi) is 3.10. The Labute approximate surface area is 124 Å². The Balaban J connectivity index is 2.35. The van der Waals surface area contributed by atoms with E-state index in [0.29, 0.717) is 6.54 Å². The van der Waals surface area contributed by atoms with Crippen LogP contribution in [-0.4, -0.2) is 19.7 Å². The van der Waals surface area contributed by atoms with Crippen LogP contribution < -0.4 is 5.73 Å². The van der Waals surface area contributed by atoms with Crippen molar-refractivity contribution in [3.05, 3.63) is 35.7 Å². The summed E-state index contributed by atoms with van der Waals surface area (Å²) in [4.78, 5) is 4.84. The zero-order valence-electron chi connectivity index (χ0n) is 12.9. The van der Waals surface area contributed by atoms with E-state index in [9.17, 15) is 0 Å². The fourth-order valence-corrected chi connectivity index (χ4v) is 2.69. The molecule has 3 aromatic rings. The minimum Gasteiger partial charge on any atom is -0.326 e. The predicted molar refractivity (Wildman–Crippen MR) is 84.9 cm³/mol. The topological polar surface area (TPSA) is 72.5 Å². The van der Waals surface area contributed by atoms with Gasteiger partial charge in [-0.3, -0.25) is 5.10 Å². The highest BCUT2D eigenvalue weighted by molar-refractivity contribution is 5.82. The van der Waals surface area contributed by atoms with Gasteiger partial charge in [0, 0.05) is 17.8 Å². The molecule has 0 aliphatic heterocycles. The van der Waals surface area contributed by atoms with Gasteiger partial charge in [-0.15, -0.1) is 0 Å². The minimum atomic E-state index is -0.0714. The molecule has 110 valence electrons.